The minimum atomic E-state index is -1.02. The largest absolute Gasteiger partial charge is 0.479 e. The van der Waals surface area contributed by atoms with Gasteiger partial charge in [-0.25, -0.2) is 4.79 Å². The molecule has 0 bridgehead atoms. The van der Waals surface area contributed by atoms with Crippen molar-refractivity contribution in [2.75, 3.05) is 19.7 Å². The highest BCUT2D eigenvalue weighted by Crippen LogP contribution is 2.20. The zero-order valence-corrected chi connectivity index (χ0v) is 11.5. The summed E-state index contributed by atoms with van der Waals surface area (Å²) >= 11 is 0. The van der Waals surface area contributed by atoms with Crippen molar-refractivity contribution in [3.8, 4) is 0 Å². The molecule has 0 aromatic heterocycles. The lowest BCUT2D eigenvalue weighted by atomic mass is 9.97. The van der Waals surface area contributed by atoms with Crippen molar-refractivity contribution < 1.29 is 19.4 Å². The van der Waals surface area contributed by atoms with Gasteiger partial charge in [-0.15, -0.1) is 0 Å². The van der Waals surface area contributed by atoms with Crippen molar-refractivity contribution in [2.45, 2.75) is 25.4 Å². The van der Waals surface area contributed by atoms with Crippen molar-refractivity contribution in [3.05, 3.63) is 35.9 Å². The first-order valence-corrected chi connectivity index (χ1v) is 6.75. The fraction of sp³-hybridized carbons (Fsp3) is 0.467. The maximum atomic E-state index is 12.2. The van der Waals surface area contributed by atoms with E-state index >= 15 is 0 Å². The Hall–Kier alpha value is -1.88. The van der Waals surface area contributed by atoms with Crippen LogP contribution in [0.25, 0.3) is 0 Å². The highest BCUT2D eigenvalue weighted by Gasteiger charge is 2.29. The van der Waals surface area contributed by atoms with E-state index in [4.69, 9.17) is 9.84 Å². The van der Waals surface area contributed by atoms with Gasteiger partial charge in [0.2, 0.25) is 5.91 Å². The summed E-state index contributed by atoms with van der Waals surface area (Å²) in [4.78, 5) is 24.7. The van der Waals surface area contributed by atoms with Crippen LogP contribution in [0, 0.1) is 0 Å². The molecule has 1 saturated heterocycles. The van der Waals surface area contributed by atoms with Crippen molar-refractivity contribution >= 4 is 11.9 Å². The number of carboxylic acid groups (broad SMARTS) is 1. The number of morpholine rings is 1. The summed E-state index contributed by atoms with van der Waals surface area (Å²) in [5.41, 5.74) is 1.11. The van der Waals surface area contributed by atoms with Crippen LogP contribution in [0.3, 0.4) is 0 Å². The van der Waals surface area contributed by atoms with E-state index in [2.05, 4.69) is 0 Å². The molecule has 0 radical (unpaired) electrons. The molecule has 1 fully saturated rings. The van der Waals surface area contributed by atoms with Crippen molar-refractivity contribution in [2.24, 2.45) is 0 Å². The third kappa shape index (κ3) is 3.57. The molecule has 1 N–H and O–H groups in total. The van der Waals surface area contributed by atoms with Crippen molar-refractivity contribution in [1.29, 1.82) is 0 Å². The van der Waals surface area contributed by atoms with Gasteiger partial charge >= 0.3 is 5.97 Å². The van der Waals surface area contributed by atoms with Gasteiger partial charge in [0.25, 0.3) is 0 Å². The third-order valence-electron chi connectivity index (χ3n) is 3.54. The smallest absolute Gasteiger partial charge is 0.334 e. The fourth-order valence-electron chi connectivity index (χ4n) is 2.32. The van der Waals surface area contributed by atoms with E-state index in [1.54, 1.807) is 4.90 Å². The molecule has 108 valence electrons. The molecule has 20 heavy (non-hydrogen) atoms. The maximum Gasteiger partial charge on any atom is 0.334 e. The number of ether oxygens (including phenoxy) is 1. The number of benzene rings is 1. The van der Waals surface area contributed by atoms with Gasteiger partial charge in [-0.1, -0.05) is 37.3 Å². The van der Waals surface area contributed by atoms with E-state index in [1.165, 1.54) is 0 Å². The van der Waals surface area contributed by atoms with Crippen molar-refractivity contribution in [1.82, 2.24) is 4.90 Å². The summed E-state index contributed by atoms with van der Waals surface area (Å²) < 4.78 is 5.12. The van der Waals surface area contributed by atoms with Gasteiger partial charge in [0.1, 0.15) is 0 Å². The van der Waals surface area contributed by atoms with Crippen LogP contribution in [0.5, 0.6) is 0 Å². The quantitative estimate of drug-likeness (QED) is 0.905. The maximum absolute atomic E-state index is 12.2. The predicted molar refractivity (Wildman–Crippen MR) is 73.4 cm³/mol. The van der Waals surface area contributed by atoms with Gasteiger partial charge in [-0.05, 0) is 11.5 Å². The normalized spacial score (nSPS) is 20.4. The van der Waals surface area contributed by atoms with Crippen molar-refractivity contribution in [3.63, 3.8) is 0 Å². The summed E-state index contributed by atoms with van der Waals surface area (Å²) in [5, 5.41) is 8.93. The summed E-state index contributed by atoms with van der Waals surface area (Å²) in [6.45, 7) is 2.88. The van der Waals surface area contributed by atoms with Gasteiger partial charge in [-0.2, -0.15) is 0 Å². The number of rotatable bonds is 4. The van der Waals surface area contributed by atoms with Gasteiger partial charge in [0.15, 0.2) is 6.10 Å². The summed E-state index contributed by atoms with van der Waals surface area (Å²) in [6, 6.07) is 9.84. The highest BCUT2D eigenvalue weighted by molar-refractivity contribution is 5.79. The molecular formula is C15H19NO4. The first-order chi connectivity index (χ1) is 9.58. The Morgan fingerprint density at radius 1 is 1.40 bits per heavy atom. The molecule has 0 spiro atoms. The SMILES string of the molecule is C[C@@H](CC(=O)N1CCO[C@H](C(=O)O)C1)c1ccccc1. The molecular weight excluding hydrogens is 258 g/mol. The Morgan fingerprint density at radius 2 is 2.10 bits per heavy atom. The molecule has 1 aliphatic heterocycles. The van der Waals surface area contributed by atoms with Crippen LogP contribution in [-0.4, -0.2) is 47.7 Å². The average Bonchev–Trinajstić information content (AvgIpc) is 2.48. The van der Waals surface area contributed by atoms with Crippen LogP contribution in [0.4, 0.5) is 0 Å². The van der Waals surface area contributed by atoms with Gasteiger partial charge in [-0.3, -0.25) is 4.79 Å². The predicted octanol–water partition coefficient (Wildman–Crippen LogP) is 1.49. The van der Waals surface area contributed by atoms with Crippen LogP contribution >= 0.6 is 0 Å². The topological polar surface area (TPSA) is 66.8 Å². The lowest BCUT2D eigenvalue weighted by Crippen LogP contribution is -2.48. The van der Waals surface area contributed by atoms with E-state index < -0.39 is 12.1 Å². The van der Waals surface area contributed by atoms with E-state index in [0.29, 0.717) is 13.0 Å². The number of carboxylic acids is 1. The van der Waals surface area contributed by atoms with Crippen LogP contribution in [-0.2, 0) is 14.3 Å². The highest BCUT2D eigenvalue weighted by atomic mass is 16.5. The number of nitrogens with zero attached hydrogens (tertiary/aromatic N) is 1. The summed E-state index contributed by atoms with van der Waals surface area (Å²) in [7, 11) is 0. The number of amides is 1. The number of carbonyl (C=O) groups is 2. The number of hydrogen-bond donors (Lipinski definition) is 1. The first kappa shape index (κ1) is 14.5. The summed E-state index contributed by atoms with van der Waals surface area (Å²) in [6.07, 6.45) is -0.518. The van der Waals surface area contributed by atoms with Gasteiger partial charge in [0, 0.05) is 13.0 Å². The zero-order valence-electron chi connectivity index (χ0n) is 11.5. The molecule has 0 aliphatic carbocycles. The monoisotopic (exact) mass is 277 g/mol. The van der Waals surface area contributed by atoms with Gasteiger partial charge in [0.05, 0.1) is 13.2 Å². The molecule has 1 aromatic carbocycles. The second-order valence-corrected chi connectivity index (χ2v) is 5.05. The van der Waals surface area contributed by atoms with Crippen LogP contribution in [0.2, 0.25) is 0 Å². The molecule has 0 saturated carbocycles. The Morgan fingerprint density at radius 3 is 2.75 bits per heavy atom. The number of aliphatic carboxylic acids is 1. The molecule has 5 nitrogen and oxygen atoms in total. The number of hydrogen-bond acceptors (Lipinski definition) is 3. The lowest BCUT2D eigenvalue weighted by Gasteiger charge is -2.31. The molecule has 1 aliphatic rings. The van der Waals surface area contributed by atoms with E-state index in [9.17, 15) is 9.59 Å². The molecule has 1 amide bonds. The second-order valence-electron chi connectivity index (χ2n) is 5.05. The molecule has 1 heterocycles. The Kier molecular flexibility index (Phi) is 4.74. The van der Waals surface area contributed by atoms with E-state index in [1.807, 2.05) is 37.3 Å². The third-order valence-corrected chi connectivity index (χ3v) is 3.54. The fourth-order valence-corrected chi connectivity index (χ4v) is 2.32. The minimum Gasteiger partial charge on any atom is -0.479 e. The molecule has 2 rings (SSSR count). The number of carbonyl (C=O) groups excluding carboxylic acids is 1. The standard InChI is InChI=1S/C15H19NO4/c1-11(12-5-3-2-4-6-12)9-14(17)16-7-8-20-13(10-16)15(18)19/h2-6,11,13H,7-10H2,1H3,(H,18,19)/t11-,13-/m0/s1. The Balaban J connectivity index is 1.93. The minimum absolute atomic E-state index is 0.0177. The van der Waals surface area contributed by atoms with Crippen LogP contribution < -0.4 is 0 Å². The first-order valence-electron chi connectivity index (χ1n) is 6.75. The second kappa shape index (κ2) is 6.52. The molecule has 2 atom stereocenters. The van der Waals surface area contributed by atoms with Crippen LogP contribution in [0.1, 0.15) is 24.8 Å². The molecule has 5 heteroatoms. The molecule has 1 aromatic rings. The van der Waals surface area contributed by atoms with E-state index in [-0.39, 0.29) is 25.0 Å². The Bertz CT molecular complexity index is 474. The average molecular weight is 277 g/mol. The van der Waals surface area contributed by atoms with Gasteiger partial charge < -0.3 is 14.7 Å². The Labute approximate surface area is 118 Å². The summed E-state index contributed by atoms with van der Waals surface area (Å²) in [5.74, 6) is -0.913. The zero-order chi connectivity index (χ0) is 14.5. The van der Waals surface area contributed by atoms with Crippen LogP contribution in [0.15, 0.2) is 30.3 Å². The molecule has 0 unspecified atom stereocenters. The lowest BCUT2D eigenvalue weighted by molar-refractivity contribution is -0.159. The van der Waals surface area contributed by atoms with E-state index in [0.717, 1.165) is 5.56 Å².